The van der Waals surface area contributed by atoms with E-state index >= 15 is 0 Å². The van der Waals surface area contributed by atoms with Gasteiger partial charge < -0.3 is 4.42 Å². The van der Waals surface area contributed by atoms with Gasteiger partial charge in [-0.1, -0.05) is 84.4 Å². The van der Waals surface area contributed by atoms with Gasteiger partial charge in [0, 0.05) is 22.3 Å². The van der Waals surface area contributed by atoms with Crippen LogP contribution in [0, 0.1) is 0 Å². The van der Waals surface area contributed by atoms with Crippen LogP contribution in [0.5, 0.6) is 0 Å². The molecule has 27 heavy (non-hydrogen) atoms. The van der Waals surface area contributed by atoms with E-state index in [4.69, 9.17) is 16.0 Å². The second-order valence-electron chi connectivity index (χ2n) is 6.02. The molecule has 0 aliphatic carbocycles. The van der Waals surface area contributed by atoms with Gasteiger partial charge in [-0.2, -0.15) is 0 Å². The predicted molar refractivity (Wildman–Crippen MR) is 111 cm³/mol. The minimum Gasteiger partial charge on any atom is -0.407 e. The Labute approximate surface area is 161 Å². The van der Waals surface area contributed by atoms with Crippen molar-refractivity contribution in [1.29, 1.82) is 0 Å². The van der Waals surface area contributed by atoms with Crippen LogP contribution in [0.3, 0.4) is 0 Å². The summed E-state index contributed by atoms with van der Waals surface area (Å²) < 4.78 is 7.16. The molecule has 4 aromatic rings. The molecule has 1 aromatic heterocycles. The molecule has 0 fully saturated rings. The Morgan fingerprint density at radius 1 is 0.778 bits per heavy atom. The molecule has 0 saturated carbocycles. The lowest BCUT2D eigenvalue weighted by atomic mass is 10.1. The summed E-state index contributed by atoms with van der Waals surface area (Å²) >= 11 is 5.94. The summed E-state index contributed by atoms with van der Waals surface area (Å²) in [7, 11) is 0. The van der Waals surface area contributed by atoms with Gasteiger partial charge in [0.25, 0.3) is 0 Å². The molecule has 0 N–H and O–H groups in total. The first-order chi connectivity index (χ1) is 13.2. The number of hydrogen-bond acceptors (Lipinski definition) is 2. The number of halogens is 1. The highest BCUT2D eigenvalue weighted by atomic mass is 35.5. The second-order valence-corrected chi connectivity index (χ2v) is 6.45. The molecule has 0 aliphatic heterocycles. The maximum Gasteiger partial charge on any atom is 0.424 e. The molecule has 1 heterocycles. The van der Waals surface area contributed by atoms with Crippen LogP contribution in [0.15, 0.2) is 94.1 Å². The zero-order valence-corrected chi connectivity index (χ0v) is 15.1. The fourth-order valence-corrected chi connectivity index (χ4v) is 3.03. The Morgan fingerprint density at radius 3 is 2.00 bits per heavy atom. The van der Waals surface area contributed by atoms with Crippen molar-refractivity contribution in [2.75, 3.05) is 0 Å². The largest absolute Gasteiger partial charge is 0.424 e. The first-order valence-electron chi connectivity index (χ1n) is 8.52. The molecule has 0 unspecified atom stereocenters. The molecule has 132 valence electrons. The summed E-state index contributed by atoms with van der Waals surface area (Å²) in [5.41, 5.74) is 3.42. The fourth-order valence-electron chi connectivity index (χ4n) is 2.91. The molecule has 0 bridgehead atoms. The van der Waals surface area contributed by atoms with Crippen LogP contribution >= 0.6 is 11.6 Å². The van der Waals surface area contributed by atoms with E-state index < -0.39 is 5.76 Å². The Hall–Kier alpha value is -3.30. The molecule has 3 nitrogen and oxygen atoms in total. The van der Waals surface area contributed by atoms with Gasteiger partial charge in [-0.15, -0.1) is 0 Å². The van der Waals surface area contributed by atoms with Gasteiger partial charge in [0.2, 0.25) is 0 Å². The van der Waals surface area contributed by atoms with Crippen LogP contribution in [0.25, 0.3) is 34.9 Å². The van der Waals surface area contributed by atoms with Gasteiger partial charge >= 0.3 is 5.76 Å². The van der Waals surface area contributed by atoms with Crippen molar-refractivity contribution >= 4 is 23.9 Å². The molecule has 0 saturated heterocycles. The van der Waals surface area contributed by atoms with Gasteiger partial charge in [0.1, 0.15) is 5.69 Å². The van der Waals surface area contributed by atoms with E-state index in [1.54, 1.807) is 6.20 Å². The minimum absolute atomic E-state index is 0.432. The van der Waals surface area contributed by atoms with Crippen molar-refractivity contribution in [1.82, 2.24) is 4.57 Å². The second kappa shape index (κ2) is 7.52. The van der Waals surface area contributed by atoms with Crippen molar-refractivity contribution < 1.29 is 4.42 Å². The van der Waals surface area contributed by atoms with E-state index in [0.717, 1.165) is 22.4 Å². The summed E-state index contributed by atoms with van der Waals surface area (Å²) in [6.45, 7) is 0. The lowest BCUT2D eigenvalue weighted by Crippen LogP contribution is -2.09. The van der Waals surface area contributed by atoms with Crippen molar-refractivity contribution in [2.24, 2.45) is 0 Å². The predicted octanol–water partition coefficient (Wildman–Crippen LogP) is 6.06. The zero-order valence-electron chi connectivity index (χ0n) is 14.4. The van der Waals surface area contributed by atoms with Gasteiger partial charge in [0.05, 0.1) is 0 Å². The topological polar surface area (TPSA) is 35.1 Å². The van der Waals surface area contributed by atoms with Crippen LogP contribution in [0.2, 0.25) is 5.02 Å². The van der Waals surface area contributed by atoms with Crippen LogP contribution in [-0.2, 0) is 0 Å². The normalized spacial score (nSPS) is 11.1. The quantitative estimate of drug-likeness (QED) is 0.436. The lowest BCUT2D eigenvalue weighted by molar-refractivity contribution is 0.519. The number of oxazole rings is 1. The first kappa shape index (κ1) is 17.1. The third-order valence-corrected chi connectivity index (χ3v) is 4.46. The highest BCUT2D eigenvalue weighted by Crippen LogP contribution is 2.31. The van der Waals surface area contributed by atoms with Crippen molar-refractivity contribution in [3.8, 4) is 22.6 Å². The molecule has 3 aromatic carbocycles. The molecular formula is C23H16ClNO2. The Kier molecular flexibility index (Phi) is 4.77. The fraction of sp³-hybridized carbons (Fsp3) is 0. The van der Waals surface area contributed by atoms with Crippen molar-refractivity contribution in [2.45, 2.75) is 0 Å². The van der Waals surface area contributed by atoms with Crippen LogP contribution in [0.4, 0.5) is 0 Å². The maximum atomic E-state index is 12.6. The summed E-state index contributed by atoms with van der Waals surface area (Å²) in [6.07, 6.45) is 3.58. The average Bonchev–Trinajstić information content (AvgIpc) is 3.05. The van der Waals surface area contributed by atoms with Crippen molar-refractivity contribution in [3.05, 3.63) is 106 Å². The Morgan fingerprint density at radius 2 is 1.37 bits per heavy atom. The average molecular weight is 374 g/mol. The lowest BCUT2D eigenvalue weighted by Gasteiger charge is -2.05. The molecule has 4 rings (SSSR count). The Balaban J connectivity index is 1.87. The molecule has 4 heteroatoms. The number of benzene rings is 3. The maximum absolute atomic E-state index is 12.6. The Bertz CT molecular complexity index is 1120. The van der Waals surface area contributed by atoms with Crippen molar-refractivity contribution in [3.63, 3.8) is 0 Å². The smallest absolute Gasteiger partial charge is 0.407 e. The van der Waals surface area contributed by atoms with E-state index in [0.29, 0.717) is 10.8 Å². The van der Waals surface area contributed by atoms with Gasteiger partial charge in [-0.25, -0.2) is 9.36 Å². The first-order valence-corrected chi connectivity index (χ1v) is 8.90. The molecule has 0 spiro atoms. The third-order valence-electron chi connectivity index (χ3n) is 4.21. The third kappa shape index (κ3) is 3.64. The monoisotopic (exact) mass is 373 g/mol. The highest BCUT2D eigenvalue weighted by Gasteiger charge is 2.18. The number of nitrogens with zero attached hydrogens (tertiary/aromatic N) is 1. The molecule has 0 aliphatic rings. The summed E-state index contributed by atoms with van der Waals surface area (Å²) in [6, 6.07) is 26.8. The summed E-state index contributed by atoms with van der Waals surface area (Å²) in [4.78, 5) is 12.6. The van der Waals surface area contributed by atoms with E-state index in [1.165, 1.54) is 4.57 Å². The van der Waals surface area contributed by atoms with Gasteiger partial charge in [0.15, 0.2) is 5.76 Å². The standard InChI is InChI=1S/C23H16ClNO2/c24-20-13-11-17(12-14-20)15-16-25-21(18-7-3-1-4-8-18)22(27-23(25)26)19-9-5-2-6-10-19/h1-16H/b16-15+. The van der Waals surface area contributed by atoms with Crippen LogP contribution in [-0.4, -0.2) is 4.57 Å². The number of rotatable bonds is 4. The number of hydrogen-bond donors (Lipinski definition) is 0. The zero-order chi connectivity index (χ0) is 18.6. The van der Waals surface area contributed by atoms with Crippen LogP contribution in [0.1, 0.15) is 5.56 Å². The minimum atomic E-state index is -0.432. The van der Waals surface area contributed by atoms with Crippen LogP contribution < -0.4 is 5.76 Å². The van der Waals surface area contributed by atoms with Gasteiger partial charge in [-0.05, 0) is 23.8 Å². The molecule has 0 amide bonds. The van der Waals surface area contributed by atoms with E-state index in [9.17, 15) is 4.79 Å². The molecular weight excluding hydrogens is 358 g/mol. The van der Waals surface area contributed by atoms with Gasteiger partial charge in [-0.3, -0.25) is 0 Å². The highest BCUT2D eigenvalue weighted by molar-refractivity contribution is 6.30. The summed E-state index contributed by atoms with van der Waals surface area (Å²) in [5, 5.41) is 0.670. The van der Waals surface area contributed by atoms with E-state index in [1.807, 2.05) is 91.0 Å². The molecule has 0 radical (unpaired) electrons. The van der Waals surface area contributed by atoms with E-state index in [2.05, 4.69) is 0 Å². The number of aromatic nitrogens is 1. The molecule has 0 atom stereocenters. The SMILES string of the molecule is O=c1oc(-c2ccccc2)c(-c2ccccc2)n1/C=C/c1ccc(Cl)cc1. The summed E-state index contributed by atoms with van der Waals surface area (Å²) in [5.74, 6) is 0.116. The van der Waals surface area contributed by atoms with E-state index in [-0.39, 0.29) is 0 Å².